The van der Waals surface area contributed by atoms with Crippen LogP contribution in [0.5, 0.6) is 0 Å². The third-order valence-electron chi connectivity index (χ3n) is 5.60. The number of nitrogens with zero attached hydrogens (tertiary/aromatic N) is 6. The van der Waals surface area contributed by atoms with Gasteiger partial charge in [0.1, 0.15) is 10.7 Å². The number of hydrogen-bond acceptors (Lipinski definition) is 7. The molecule has 0 saturated carbocycles. The van der Waals surface area contributed by atoms with Crippen LogP contribution >= 0.6 is 11.3 Å². The first-order valence-corrected chi connectivity index (χ1v) is 12.0. The van der Waals surface area contributed by atoms with Gasteiger partial charge in [-0.2, -0.15) is 8.82 Å². The van der Waals surface area contributed by atoms with Gasteiger partial charge in [-0.15, -0.1) is 16.4 Å². The molecule has 1 aromatic carbocycles. The average molecular weight is 443 g/mol. The van der Waals surface area contributed by atoms with Crippen LogP contribution in [0.25, 0.3) is 15.9 Å². The average Bonchev–Trinajstić information content (AvgIpc) is 3.27. The first-order chi connectivity index (χ1) is 14.4. The predicted octanol–water partition coefficient (Wildman–Crippen LogP) is 2.78. The number of sulfonamides is 1. The largest absolute Gasteiger partial charge is 0.338 e. The molecular weight excluding hydrogens is 420 g/mol. The molecule has 0 radical (unpaired) electrons. The number of benzene rings is 1. The van der Waals surface area contributed by atoms with Crippen molar-refractivity contribution >= 4 is 43.2 Å². The molecular formula is C20H22N6O2S2. The summed E-state index contributed by atoms with van der Waals surface area (Å²) >= 11 is 1.66. The van der Waals surface area contributed by atoms with Crippen molar-refractivity contribution < 1.29 is 8.42 Å². The molecule has 1 aliphatic rings. The van der Waals surface area contributed by atoms with Crippen molar-refractivity contribution in [2.75, 3.05) is 31.1 Å². The summed E-state index contributed by atoms with van der Waals surface area (Å²) in [5.41, 5.74) is 2.00. The second-order valence-electron chi connectivity index (χ2n) is 7.47. The van der Waals surface area contributed by atoms with Gasteiger partial charge in [-0.05, 0) is 38.5 Å². The molecule has 0 spiro atoms. The van der Waals surface area contributed by atoms with Crippen LogP contribution in [-0.2, 0) is 10.0 Å². The van der Waals surface area contributed by atoms with Gasteiger partial charge in [-0.1, -0.05) is 18.2 Å². The number of thiophene rings is 1. The minimum atomic E-state index is -3.49. The Bertz CT molecular complexity index is 1350. The minimum Gasteiger partial charge on any atom is -0.338 e. The molecule has 1 saturated heterocycles. The molecule has 0 atom stereocenters. The maximum absolute atomic E-state index is 12.9. The summed E-state index contributed by atoms with van der Waals surface area (Å²) in [5.74, 6) is 1.41. The van der Waals surface area contributed by atoms with Gasteiger partial charge in [0.05, 0.1) is 10.3 Å². The van der Waals surface area contributed by atoms with E-state index in [1.807, 2.05) is 13.0 Å². The standard InChI is InChI=1S/C20H22N6O2S2/c1-13-14(2)29-19-17(13)18-21-15(3)23-26(18)20(22-19)24-9-11-25(12-10-24)30(27,28)16-7-5-4-6-8-16/h4-8H,9-12H2,1-3H3. The fraction of sp³-hybridized carbons (Fsp3) is 0.350. The Kier molecular flexibility index (Phi) is 4.53. The molecule has 0 bridgehead atoms. The lowest BCUT2D eigenvalue weighted by Gasteiger charge is -2.34. The molecule has 8 nitrogen and oxygen atoms in total. The highest BCUT2D eigenvalue weighted by atomic mass is 32.2. The molecule has 0 amide bonds. The first-order valence-electron chi connectivity index (χ1n) is 9.79. The van der Waals surface area contributed by atoms with Crippen molar-refractivity contribution in [3.8, 4) is 0 Å². The third-order valence-corrected chi connectivity index (χ3v) is 8.61. The summed E-state index contributed by atoms with van der Waals surface area (Å²) in [7, 11) is -3.49. The van der Waals surface area contributed by atoms with Crippen LogP contribution in [0.4, 0.5) is 5.95 Å². The van der Waals surface area contributed by atoms with Crippen molar-refractivity contribution in [1.29, 1.82) is 0 Å². The van der Waals surface area contributed by atoms with Gasteiger partial charge in [0, 0.05) is 31.1 Å². The van der Waals surface area contributed by atoms with E-state index in [1.165, 1.54) is 10.4 Å². The molecule has 10 heteroatoms. The van der Waals surface area contributed by atoms with Crippen LogP contribution < -0.4 is 4.90 Å². The summed E-state index contributed by atoms with van der Waals surface area (Å²) in [6, 6.07) is 8.59. The highest BCUT2D eigenvalue weighted by Gasteiger charge is 2.30. The quantitative estimate of drug-likeness (QED) is 0.485. The van der Waals surface area contributed by atoms with E-state index in [0.29, 0.717) is 36.9 Å². The van der Waals surface area contributed by atoms with Gasteiger partial charge < -0.3 is 4.90 Å². The van der Waals surface area contributed by atoms with Crippen LogP contribution in [0.3, 0.4) is 0 Å². The van der Waals surface area contributed by atoms with Crippen molar-refractivity contribution in [2.45, 2.75) is 25.7 Å². The maximum Gasteiger partial charge on any atom is 0.243 e. The van der Waals surface area contributed by atoms with Crippen molar-refractivity contribution in [2.24, 2.45) is 0 Å². The Morgan fingerprint density at radius 2 is 1.67 bits per heavy atom. The third kappa shape index (κ3) is 2.98. The van der Waals surface area contributed by atoms with Gasteiger partial charge in [-0.25, -0.2) is 18.4 Å². The maximum atomic E-state index is 12.9. The number of anilines is 1. The highest BCUT2D eigenvalue weighted by Crippen LogP contribution is 2.33. The van der Waals surface area contributed by atoms with E-state index >= 15 is 0 Å². The molecule has 1 aliphatic heterocycles. The Labute approximate surface area is 178 Å². The fourth-order valence-corrected chi connectivity index (χ4v) is 6.34. The highest BCUT2D eigenvalue weighted by molar-refractivity contribution is 7.89. The molecule has 5 rings (SSSR count). The molecule has 0 unspecified atom stereocenters. The minimum absolute atomic E-state index is 0.330. The van der Waals surface area contributed by atoms with Gasteiger partial charge in [0.15, 0.2) is 5.65 Å². The summed E-state index contributed by atoms with van der Waals surface area (Å²) in [6.45, 7) is 7.94. The van der Waals surface area contributed by atoms with Crippen LogP contribution in [0.15, 0.2) is 35.2 Å². The number of hydrogen-bond donors (Lipinski definition) is 0. The summed E-state index contributed by atoms with van der Waals surface area (Å²) in [5, 5.41) is 5.63. The van der Waals surface area contributed by atoms with Crippen molar-refractivity contribution in [3.05, 3.63) is 46.6 Å². The van der Waals surface area contributed by atoms with Crippen LogP contribution in [0.1, 0.15) is 16.3 Å². The zero-order valence-corrected chi connectivity index (χ0v) is 18.7. The number of rotatable bonds is 3. The summed E-state index contributed by atoms with van der Waals surface area (Å²) in [6.07, 6.45) is 0. The fourth-order valence-electron chi connectivity index (χ4n) is 3.88. The lowest BCUT2D eigenvalue weighted by atomic mass is 10.2. The second kappa shape index (κ2) is 7.00. The van der Waals surface area contributed by atoms with E-state index < -0.39 is 10.0 Å². The van der Waals surface area contributed by atoms with Gasteiger partial charge in [0.25, 0.3) is 0 Å². The van der Waals surface area contributed by atoms with E-state index in [9.17, 15) is 8.42 Å². The van der Waals surface area contributed by atoms with Crippen LogP contribution in [0, 0.1) is 20.8 Å². The Morgan fingerprint density at radius 3 is 2.37 bits per heavy atom. The molecule has 4 aromatic rings. The number of fused-ring (bicyclic) bond motifs is 3. The molecule has 30 heavy (non-hydrogen) atoms. The number of aromatic nitrogens is 4. The molecule has 3 aromatic heterocycles. The van der Waals surface area contributed by atoms with E-state index in [-0.39, 0.29) is 0 Å². The van der Waals surface area contributed by atoms with Crippen LogP contribution in [0.2, 0.25) is 0 Å². The first kappa shape index (κ1) is 19.4. The van der Waals surface area contributed by atoms with Crippen molar-refractivity contribution in [3.63, 3.8) is 0 Å². The predicted molar refractivity (Wildman–Crippen MR) is 118 cm³/mol. The van der Waals surface area contributed by atoms with E-state index in [2.05, 4.69) is 28.8 Å². The monoisotopic (exact) mass is 442 g/mol. The SMILES string of the molecule is Cc1nc2c3c(C)c(C)sc3nc(N3CCN(S(=O)(=O)c4ccccc4)CC3)n2n1. The Balaban J connectivity index is 1.49. The molecule has 0 aliphatic carbocycles. The molecule has 4 heterocycles. The van der Waals surface area contributed by atoms with Gasteiger partial charge in [-0.3, -0.25) is 0 Å². The van der Waals surface area contributed by atoms with E-state index in [4.69, 9.17) is 4.98 Å². The van der Waals surface area contributed by atoms with E-state index in [1.54, 1.807) is 44.4 Å². The molecule has 156 valence electrons. The zero-order chi connectivity index (χ0) is 21.0. The molecule has 1 fully saturated rings. The van der Waals surface area contributed by atoms with Crippen LogP contribution in [-0.4, -0.2) is 58.5 Å². The smallest absolute Gasteiger partial charge is 0.243 e. The summed E-state index contributed by atoms with van der Waals surface area (Å²) in [4.78, 5) is 14.1. The second-order valence-corrected chi connectivity index (χ2v) is 10.6. The topological polar surface area (TPSA) is 83.7 Å². The normalized spacial score (nSPS) is 16.0. The number of aryl methyl sites for hydroxylation is 3. The Morgan fingerprint density at radius 1 is 0.967 bits per heavy atom. The zero-order valence-electron chi connectivity index (χ0n) is 17.0. The summed E-state index contributed by atoms with van der Waals surface area (Å²) < 4.78 is 29.2. The van der Waals surface area contributed by atoms with E-state index in [0.717, 1.165) is 21.8 Å². The van der Waals surface area contributed by atoms with Gasteiger partial charge >= 0.3 is 0 Å². The molecule has 0 N–H and O–H groups in total. The lowest BCUT2D eigenvalue weighted by molar-refractivity contribution is 0.382. The lowest BCUT2D eigenvalue weighted by Crippen LogP contribution is -2.49. The van der Waals surface area contributed by atoms with Gasteiger partial charge in [0.2, 0.25) is 16.0 Å². The van der Waals surface area contributed by atoms with Crippen molar-refractivity contribution in [1.82, 2.24) is 23.9 Å². The number of piperazine rings is 1. The Hall–Kier alpha value is -2.56.